The summed E-state index contributed by atoms with van der Waals surface area (Å²) in [7, 11) is 0. The third-order valence-corrected chi connectivity index (χ3v) is 3.42. The lowest BCUT2D eigenvalue weighted by atomic mass is 10.1. The lowest BCUT2D eigenvalue weighted by Crippen LogP contribution is -2.21. The van der Waals surface area contributed by atoms with Crippen LogP contribution in [0.4, 0.5) is 11.4 Å². The van der Waals surface area contributed by atoms with Crippen molar-refractivity contribution in [1.82, 2.24) is 0 Å². The van der Waals surface area contributed by atoms with Crippen LogP contribution in [0.2, 0.25) is 0 Å². The number of benzene rings is 2. The standard InChI is InChI=1S/C18H18N2O6/c1-3-25-15-8-6-14(7-9-15)19-17(21)11-26-18(22)13-5-4-12(2)16(10-13)20(23)24/h4-10H,3,11H2,1-2H3,(H,19,21). The Labute approximate surface area is 149 Å². The largest absolute Gasteiger partial charge is 0.494 e. The minimum atomic E-state index is -0.810. The molecule has 1 N–H and O–H groups in total. The van der Waals surface area contributed by atoms with Gasteiger partial charge in [-0.05, 0) is 44.2 Å². The van der Waals surface area contributed by atoms with Crippen LogP contribution in [0.25, 0.3) is 0 Å². The summed E-state index contributed by atoms with van der Waals surface area (Å²) in [5, 5.41) is 13.5. The molecule has 136 valence electrons. The Kier molecular flexibility index (Phi) is 6.26. The quantitative estimate of drug-likeness (QED) is 0.463. The van der Waals surface area contributed by atoms with Crippen LogP contribution in [-0.4, -0.2) is 30.0 Å². The van der Waals surface area contributed by atoms with Gasteiger partial charge in [0.15, 0.2) is 6.61 Å². The van der Waals surface area contributed by atoms with Gasteiger partial charge < -0.3 is 14.8 Å². The predicted octanol–water partition coefficient (Wildman–Crippen LogP) is 3.10. The second-order valence-corrected chi connectivity index (χ2v) is 5.34. The summed E-state index contributed by atoms with van der Waals surface area (Å²) in [5.74, 6) is -0.656. The zero-order valence-electron chi connectivity index (χ0n) is 14.4. The number of ether oxygens (including phenoxy) is 2. The minimum Gasteiger partial charge on any atom is -0.494 e. The Hall–Kier alpha value is -3.42. The van der Waals surface area contributed by atoms with E-state index in [0.717, 1.165) is 6.07 Å². The van der Waals surface area contributed by atoms with Gasteiger partial charge in [-0.3, -0.25) is 14.9 Å². The van der Waals surface area contributed by atoms with Crippen molar-refractivity contribution in [2.75, 3.05) is 18.5 Å². The number of amides is 1. The SMILES string of the molecule is CCOc1ccc(NC(=O)COC(=O)c2ccc(C)c([N+](=O)[O-])c2)cc1. The maximum absolute atomic E-state index is 12.0. The number of rotatable bonds is 7. The second kappa shape index (κ2) is 8.61. The molecule has 0 radical (unpaired) electrons. The van der Waals surface area contributed by atoms with Gasteiger partial charge in [-0.2, -0.15) is 0 Å². The number of anilines is 1. The molecule has 0 fully saturated rings. The number of carbonyl (C=O) groups is 2. The molecule has 0 heterocycles. The molecule has 0 aromatic heterocycles. The summed E-state index contributed by atoms with van der Waals surface area (Å²) in [6, 6.07) is 10.7. The first kappa shape index (κ1) is 18.9. The number of hydrogen-bond donors (Lipinski definition) is 1. The van der Waals surface area contributed by atoms with Crippen LogP contribution >= 0.6 is 0 Å². The summed E-state index contributed by atoms with van der Waals surface area (Å²) in [4.78, 5) is 34.2. The van der Waals surface area contributed by atoms with E-state index in [1.54, 1.807) is 31.2 Å². The Morgan fingerprint density at radius 3 is 2.46 bits per heavy atom. The van der Waals surface area contributed by atoms with Crippen LogP contribution in [0.3, 0.4) is 0 Å². The molecular weight excluding hydrogens is 340 g/mol. The highest BCUT2D eigenvalue weighted by Gasteiger charge is 2.16. The molecule has 0 saturated carbocycles. The molecule has 8 nitrogen and oxygen atoms in total. The zero-order chi connectivity index (χ0) is 19.1. The van der Waals surface area contributed by atoms with Gasteiger partial charge in [0.25, 0.3) is 11.6 Å². The summed E-state index contributed by atoms with van der Waals surface area (Å²) in [5.41, 5.74) is 0.787. The van der Waals surface area contributed by atoms with Crippen molar-refractivity contribution in [1.29, 1.82) is 0 Å². The molecule has 2 rings (SSSR count). The second-order valence-electron chi connectivity index (χ2n) is 5.34. The lowest BCUT2D eigenvalue weighted by molar-refractivity contribution is -0.385. The highest BCUT2D eigenvalue weighted by molar-refractivity contribution is 5.95. The molecule has 0 unspecified atom stereocenters. The van der Waals surface area contributed by atoms with Gasteiger partial charge in [0.05, 0.1) is 17.1 Å². The van der Waals surface area contributed by atoms with Crippen molar-refractivity contribution in [3.05, 3.63) is 63.7 Å². The van der Waals surface area contributed by atoms with Crippen molar-refractivity contribution in [2.24, 2.45) is 0 Å². The summed E-state index contributed by atoms with van der Waals surface area (Å²) < 4.78 is 10.2. The average molecular weight is 358 g/mol. The topological polar surface area (TPSA) is 108 Å². The molecular formula is C18H18N2O6. The predicted molar refractivity (Wildman–Crippen MR) is 94.4 cm³/mol. The molecule has 2 aromatic rings. The third-order valence-electron chi connectivity index (χ3n) is 3.42. The summed E-state index contributed by atoms with van der Waals surface area (Å²) in [6.45, 7) is 3.47. The van der Waals surface area contributed by atoms with E-state index in [9.17, 15) is 19.7 Å². The van der Waals surface area contributed by atoms with E-state index in [2.05, 4.69) is 5.32 Å². The van der Waals surface area contributed by atoms with Crippen molar-refractivity contribution >= 4 is 23.3 Å². The van der Waals surface area contributed by atoms with E-state index in [1.807, 2.05) is 6.92 Å². The van der Waals surface area contributed by atoms with Crippen LogP contribution in [0.5, 0.6) is 5.75 Å². The first-order chi connectivity index (χ1) is 12.4. The number of carbonyl (C=O) groups excluding carboxylic acids is 2. The molecule has 0 aliphatic carbocycles. The number of aryl methyl sites for hydroxylation is 1. The van der Waals surface area contributed by atoms with Crippen molar-refractivity contribution in [3.63, 3.8) is 0 Å². The van der Waals surface area contributed by atoms with Gasteiger partial charge in [0.1, 0.15) is 5.75 Å². The fourth-order valence-electron chi connectivity index (χ4n) is 2.15. The number of hydrogen-bond acceptors (Lipinski definition) is 6. The molecule has 0 aliphatic rings. The van der Waals surface area contributed by atoms with Crippen molar-refractivity contribution < 1.29 is 24.0 Å². The first-order valence-corrected chi connectivity index (χ1v) is 7.85. The molecule has 0 saturated heterocycles. The molecule has 0 aliphatic heterocycles. The van der Waals surface area contributed by atoms with Gasteiger partial charge in [-0.1, -0.05) is 6.07 Å². The Balaban J connectivity index is 1.91. The monoisotopic (exact) mass is 358 g/mol. The fraction of sp³-hybridized carbons (Fsp3) is 0.222. The molecule has 26 heavy (non-hydrogen) atoms. The maximum Gasteiger partial charge on any atom is 0.338 e. The molecule has 1 amide bonds. The smallest absolute Gasteiger partial charge is 0.338 e. The van der Waals surface area contributed by atoms with E-state index in [0.29, 0.717) is 23.6 Å². The number of nitro benzene ring substituents is 1. The number of nitro groups is 1. The van der Waals surface area contributed by atoms with Crippen LogP contribution in [-0.2, 0) is 9.53 Å². The van der Waals surface area contributed by atoms with E-state index < -0.39 is 23.4 Å². The molecule has 0 atom stereocenters. The third kappa shape index (κ3) is 5.04. The van der Waals surface area contributed by atoms with E-state index in [1.165, 1.54) is 12.1 Å². The molecule has 8 heteroatoms. The minimum absolute atomic E-state index is 0.0103. The zero-order valence-corrected chi connectivity index (χ0v) is 14.4. The van der Waals surface area contributed by atoms with E-state index in [4.69, 9.17) is 9.47 Å². The highest BCUT2D eigenvalue weighted by atomic mass is 16.6. The Bertz CT molecular complexity index is 817. The fourth-order valence-corrected chi connectivity index (χ4v) is 2.15. The van der Waals surface area contributed by atoms with Crippen molar-refractivity contribution in [3.8, 4) is 5.75 Å². The maximum atomic E-state index is 12.0. The lowest BCUT2D eigenvalue weighted by Gasteiger charge is -2.08. The molecule has 2 aromatic carbocycles. The number of nitrogens with zero attached hydrogens (tertiary/aromatic N) is 1. The van der Waals surface area contributed by atoms with Gasteiger partial charge in [0.2, 0.25) is 0 Å². The Morgan fingerprint density at radius 1 is 1.15 bits per heavy atom. The Morgan fingerprint density at radius 2 is 1.85 bits per heavy atom. The van der Waals surface area contributed by atoms with Crippen LogP contribution in [0.1, 0.15) is 22.8 Å². The molecule has 0 bridgehead atoms. The van der Waals surface area contributed by atoms with Crippen LogP contribution in [0, 0.1) is 17.0 Å². The summed E-state index contributed by atoms with van der Waals surface area (Å²) in [6.07, 6.45) is 0. The molecule has 0 spiro atoms. The average Bonchev–Trinajstić information content (AvgIpc) is 2.61. The van der Waals surface area contributed by atoms with Crippen LogP contribution < -0.4 is 10.1 Å². The first-order valence-electron chi connectivity index (χ1n) is 7.85. The number of esters is 1. The van der Waals surface area contributed by atoms with Gasteiger partial charge in [-0.25, -0.2) is 4.79 Å². The highest BCUT2D eigenvalue weighted by Crippen LogP contribution is 2.20. The van der Waals surface area contributed by atoms with E-state index >= 15 is 0 Å². The van der Waals surface area contributed by atoms with Crippen molar-refractivity contribution in [2.45, 2.75) is 13.8 Å². The van der Waals surface area contributed by atoms with Gasteiger partial charge in [-0.15, -0.1) is 0 Å². The van der Waals surface area contributed by atoms with Gasteiger partial charge >= 0.3 is 5.97 Å². The van der Waals surface area contributed by atoms with Crippen LogP contribution in [0.15, 0.2) is 42.5 Å². The number of nitrogens with one attached hydrogen (secondary N) is 1. The summed E-state index contributed by atoms with van der Waals surface area (Å²) >= 11 is 0. The van der Waals surface area contributed by atoms with E-state index in [-0.39, 0.29) is 11.3 Å². The normalized spacial score (nSPS) is 10.1. The van der Waals surface area contributed by atoms with Gasteiger partial charge in [0, 0.05) is 17.3 Å².